The zero-order chi connectivity index (χ0) is 12.3. The maximum absolute atomic E-state index is 6.14. The predicted octanol–water partition coefficient (Wildman–Crippen LogP) is 1.39. The zero-order valence-electron chi connectivity index (χ0n) is 10.3. The largest absolute Gasteiger partial charge is 0.385 e. The van der Waals surface area contributed by atoms with Crippen LogP contribution in [0.1, 0.15) is 24.7 Å². The Labute approximate surface area is 101 Å². The predicted molar refractivity (Wildman–Crippen MR) is 66.5 cm³/mol. The fraction of sp³-hybridized carbons (Fsp3) is 0.500. The summed E-state index contributed by atoms with van der Waals surface area (Å²) in [6, 6.07) is 1.90. The van der Waals surface area contributed by atoms with E-state index in [9.17, 15) is 0 Å². The second kappa shape index (κ2) is 5.25. The van der Waals surface area contributed by atoms with Gasteiger partial charge in [0.15, 0.2) is 0 Å². The number of methoxy groups -OCH3 is 1. The summed E-state index contributed by atoms with van der Waals surface area (Å²) < 4.78 is 7.06. The number of rotatable bonds is 5. The Morgan fingerprint density at radius 2 is 2.35 bits per heavy atom. The van der Waals surface area contributed by atoms with Gasteiger partial charge < -0.3 is 15.0 Å². The van der Waals surface area contributed by atoms with E-state index in [0.29, 0.717) is 0 Å². The minimum absolute atomic E-state index is 0.0532. The first-order chi connectivity index (χ1) is 8.24. The second-order valence-corrected chi connectivity index (χ2v) is 4.13. The van der Waals surface area contributed by atoms with Crippen molar-refractivity contribution in [1.29, 1.82) is 0 Å². The maximum Gasteiger partial charge on any atom is 0.126 e. The first-order valence-corrected chi connectivity index (χ1v) is 5.75. The van der Waals surface area contributed by atoms with Gasteiger partial charge in [0.1, 0.15) is 11.3 Å². The van der Waals surface area contributed by atoms with E-state index in [1.807, 2.05) is 17.7 Å². The molecule has 17 heavy (non-hydrogen) atoms. The number of imidazole rings is 1. The minimum Gasteiger partial charge on any atom is -0.385 e. The Morgan fingerprint density at radius 1 is 1.53 bits per heavy atom. The molecule has 5 heteroatoms. The van der Waals surface area contributed by atoms with E-state index in [1.165, 1.54) is 0 Å². The maximum atomic E-state index is 6.14. The molecule has 0 fully saturated rings. The number of ether oxygens (including phenoxy) is 1. The summed E-state index contributed by atoms with van der Waals surface area (Å²) in [5, 5.41) is 0. The van der Waals surface area contributed by atoms with E-state index in [4.69, 9.17) is 10.5 Å². The van der Waals surface area contributed by atoms with Crippen LogP contribution < -0.4 is 5.73 Å². The third kappa shape index (κ3) is 2.45. The summed E-state index contributed by atoms with van der Waals surface area (Å²) in [4.78, 5) is 8.59. The summed E-state index contributed by atoms with van der Waals surface area (Å²) in [5.41, 5.74) is 8.10. The molecular formula is C12H18N4O. The Hall–Kier alpha value is -1.46. The second-order valence-electron chi connectivity index (χ2n) is 4.13. The molecule has 92 valence electrons. The molecule has 0 radical (unpaired) electrons. The zero-order valence-corrected chi connectivity index (χ0v) is 10.3. The molecule has 2 heterocycles. The monoisotopic (exact) mass is 234 g/mol. The van der Waals surface area contributed by atoms with Gasteiger partial charge >= 0.3 is 0 Å². The van der Waals surface area contributed by atoms with Crippen LogP contribution in [0, 0.1) is 0 Å². The summed E-state index contributed by atoms with van der Waals surface area (Å²) in [6.45, 7) is 0.735. The molecule has 0 aromatic carbocycles. The van der Waals surface area contributed by atoms with Gasteiger partial charge in [-0.15, -0.1) is 0 Å². The van der Waals surface area contributed by atoms with Gasteiger partial charge in [0.05, 0.1) is 17.8 Å². The molecule has 0 spiro atoms. The molecule has 2 rings (SSSR count). The van der Waals surface area contributed by atoms with Gasteiger partial charge in [-0.25, -0.2) is 4.98 Å². The van der Waals surface area contributed by atoms with E-state index in [2.05, 4.69) is 9.97 Å². The molecule has 2 aromatic rings. The molecule has 0 bridgehead atoms. The van der Waals surface area contributed by atoms with Crippen LogP contribution in [-0.2, 0) is 11.8 Å². The third-order valence-electron chi connectivity index (χ3n) is 2.91. The van der Waals surface area contributed by atoms with Crippen LogP contribution in [0.3, 0.4) is 0 Å². The van der Waals surface area contributed by atoms with Crippen molar-refractivity contribution in [3.8, 4) is 0 Å². The third-order valence-corrected chi connectivity index (χ3v) is 2.91. The van der Waals surface area contributed by atoms with Crippen molar-refractivity contribution in [3.05, 3.63) is 24.3 Å². The molecule has 0 saturated carbocycles. The lowest BCUT2D eigenvalue weighted by molar-refractivity contribution is 0.190. The van der Waals surface area contributed by atoms with Gasteiger partial charge in [-0.05, 0) is 18.9 Å². The smallest absolute Gasteiger partial charge is 0.126 e. The van der Waals surface area contributed by atoms with Crippen LogP contribution in [0.15, 0.2) is 18.5 Å². The van der Waals surface area contributed by atoms with Crippen LogP contribution in [0.2, 0.25) is 0 Å². The average molecular weight is 234 g/mol. The number of fused-ring (bicyclic) bond motifs is 1. The number of hydrogen-bond donors (Lipinski definition) is 1. The normalized spacial score (nSPS) is 13.1. The highest BCUT2D eigenvalue weighted by molar-refractivity contribution is 5.74. The first kappa shape index (κ1) is 12.0. The highest BCUT2D eigenvalue weighted by atomic mass is 16.5. The summed E-state index contributed by atoms with van der Waals surface area (Å²) in [5.74, 6) is 0.907. The van der Waals surface area contributed by atoms with Crippen molar-refractivity contribution in [1.82, 2.24) is 14.5 Å². The molecule has 0 aliphatic rings. The lowest BCUT2D eigenvalue weighted by Gasteiger charge is -2.11. The molecule has 1 unspecified atom stereocenters. The van der Waals surface area contributed by atoms with Crippen molar-refractivity contribution < 1.29 is 4.74 Å². The lowest BCUT2D eigenvalue weighted by Crippen LogP contribution is -2.15. The Morgan fingerprint density at radius 3 is 3.06 bits per heavy atom. The summed E-state index contributed by atoms with van der Waals surface area (Å²) in [6.07, 6.45) is 5.35. The quantitative estimate of drug-likeness (QED) is 0.794. The molecule has 5 nitrogen and oxygen atoms in total. The number of aryl methyl sites for hydroxylation is 1. The molecule has 0 aliphatic carbocycles. The Balaban J connectivity index is 2.20. The number of nitrogens with zero attached hydrogens (tertiary/aromatic N) is 3. The van der Waals surface area contributed by atoms with Crippen molar-refractivity contribution in [3.63, 3.8) is 0 Å². The molecule has 0 amide bonds. The molecule has 2 aromatic heterocycles. The number of nitrogens with two attached hydrogens (primary N) is 1. The van der Waals surface area contributed by atoms with E-state index in [-0.39, 0.29) is 6.04 Å². The topological polar surface area (TPSA) is 66.0 Å². The Bertz CT molecular complexity index is 494. The molecule has 0 aliphatic heterocycles. The van der Waals surface area contributed by atoms with Crippen LogP contribution in [0.25, 0.3) is 11.0 Å². The fourth-order valence-corrected chi connectivity index (χ4v) is 1.98. The minimum atomic E-state index is -0.0532. The Kier molecular flexibility index (Phi) is 3.71. The van der Waals surface area contributed by atoms with Gasteiger partial charge in [0.25, 0.3) is 0 Å². The van der Waals surface area contributed by atoms with Crippen molar-refractivity contribution in [2.45, 2.75) is 18.9 Å². The molecule has 2 N–H and O–H groups in total. The first-order valence-electron chi connectivity index (χ1n) is 5.75. The van der Waals surface area contributed by atoms with Crippen molar-refractivity contribution in [2.75, 3.05) is 13.7 Å². The van der Waals surface area contributed by atoms with Gasteiger partial charge in [-0.3, -0.25) is 4.98 Å². The molecular weight excluding hydrogens is 216 g/mol. The highest BCUT2D eigenvalue weighted by Crippen LogP contribution is 2.20. The van der Waals surface area contributed by atoms with E-state index < -0.39 is 0 Å². The molecule has 0 saturated heterocycles. The van der Waals surface area contributed by atoms with Crippen LogP contribution in [0.5, 0.6) is 0 Å². The SMILES string of the molecule is COCCCC(N)c1nc2cnccc2n1C. The van der Waals surface area contributed by atoms with Crippen molar-refractivity contribution in [2.24, 2.45) is 12.8 Å². The number of pyridine rings is 1. The van der Waals surface area contributed by atoms with Crippen LogP contribution >= 0.6 is 0 Å². The van der Waals surface area contributed by atoms with Gasteiger partial charge in [-0.2, -0.15) is 0 Å². The van der Waals surface area contributed by atoms with Crippen LogP contribution in [0.4, 0.5) is 0 Å². The standard InChI is InChI=1S/C12H18N4O/c1-16-11-5-6-14-8-10(11)15-12(16)9(13)4-3-7-17-2/h5-6,8-9H,3-4,7,13H2,1-2H3. The van der Waals surface area contributed by atoms with Crippen molar-refractivity contribution >= 4 is 11.0 Å². The van der Waals surface area contributed by atoms with Gasteiger partial charge in [-0.1, -0.05) is 0 Å². The van der Waals surface area contributed by atoms with E-state index in [0.717, 1.165) is 36.3 Å². The molecule has 1 atom stereocenters. The number of hydrogen-bond acceptors (Lipinski definition) is 4. The fourth-order valence-electron chi connectivity index (χ4n) is 1.98. The summed E-state index contributed by atoms with van der Waals surface area (Å²) in [7, 11) is 3.69. The number of aromatic nitrogens is 3. The average Bonchev–Trinajstić information content (AvgIpc) is 2.68. The van der Waals surface area contributed by atoms with Crippen LogP contribution in [-0.4, -0.2) is 28.3 Å². The highest BCUT2D eigenvalue weighted by Gasteiger charge is 2.14. The van der Waals surface area contributed by atoms with Gasteiger partial charge in [0, 0.05) is 27.0 Å². The van der Waals surface area contributed by atoms with E-state index >= 15 is 0 Å². The van der Waals surface area contributed by atoms with E-state index in [1.54, 1.807) is 19.5 Å². The summed E-state index contributed by atoms with van der Waals surface area (Å²) >= 11 is 0. The van der Waals surface area contributed by atoms with Gasteiger partial charge in [0.2, 0.25) is 0 Å². The lowest BCUT2D eigenvalue weighted by atomic mass is 10.1.